The summed E-state index contributed by atoms with van der Waals surface area (Å²) < 4.78 is 27.6. The fourth-order valence-corrected chi connectivity index (χ4v) is 3.59. The van der Waals surface area contributed by atoms with Gasteiger partial charge in [-0.3, -0.25) is 9.78 Å². The minimum atomic E-state index is -3.77. The molecule has 0 aliphatic rings. The van der Waals surface area contributed by atoms with E-state index in [1.165, 1.54) is 12.1 Å². The van der Waals surface area contributed by atoms with Crippen molar-refractivity contribution >= 4 is 15.9 Å². The lowest BCUT2D eigenvalue weighted by Gasteiger charge is -2.21. The Hall–Kier alpha value is -2.25. The Balaban J connectivity index is 2.09. The van der Waals surface area contributed by atoms with Crippen molar-refractivity contribution in [3.05, 3.63) is 59.9 Å². The van der Waals surface area contributed by atoms with E-state index in [-0.39, 0.29) is 16.7 Å². The topological polar surface area (TPSA) is 88.2 Å². The average Bonchev–Trinajstić information content (AvgIpc) is 2.58. The number of nitrogens with one attached hydrogen (secondary N) is 2. The molecule has 25 heavy (non-hydrogen) atoms. The third-order valence-corrected chi connectivity index (χ3v) is 5.21. The Morgan fingerprint density at radius 3 is 2.40 bits per heavy atom. The lowest BCUT2D eigenvalue weighted by Crippen LogP contribution is -2.49. The molecule has 0 aliphatic heterocycles. The SMILES string of the molecule is Cc1ccc(S(=O)(=O)N[C@@H](C(=O)NCc2cccnc2)C(C)C)cc1. The zero-order valence-electron chi connectivity index (χ0n) is 14.6. The monoisotopic (exact) mass is 361 g/mol. The summed E-state index contributed by atoms with van der Waals surface area (Å²) >= 11 is 0. The van der Waals surface area contributed by atoms with E-state index >= 15 is 0 Å². The Bertz CT molecular complexity index is 803. The Labute approximate surface area is 148 Å². The summed E-state index contributed by atoms with van der Waals surface area (Å²) in [6, 6.07) is 9.27. The van der Waals surface area contributed by atoms with Crippen LogP contribution in [-0.2, 0) is 21.4 Å². The van der Waals surface area contributed by atoms with Gasteiger partial charge in [0.15, 0.2) is 0 Å². The first-order valence-corrected chi connectivity index (χ1v) is 9.53. The molecule has 2 rings (SSSR count). The van der Waals surface area contributed by atoms with Crippen LogP contribution in [0.2, 0.25) is 0 Å². The average molecular weight is 361 g/mol. The van der Waals surface area contributed by atoms with Crippen LogP contribution in [0.3, 0.4) is 0 Å². The summed E-state index contributed by atoms with van der Waals surface area (Å²) in [6.07, 6.45) is 3.30. The Morgan fingerprint density at radius 2 is 1.84 bits per heavy atom. The highest BCUT2D eigenvalue weighted by atomic mass is 32.2. The van der Waals surface area contributed by atoms with Crippen molar-refractivity contribution < 1.29 is 13.2 Å². The maximum Gasteiger partial charge on any atom is 0.241 e. The standard InChI is InChI=1S/C18H23N3O3S/c1-13(2)17(18(22)20-12-15-5-4-10-19-11-15)21-25(23,24)16-8-6-14(3)7-9-16/h4-11,13,17,21H,12H2,1-3H3,(H,20,22)/t17-/m1/s1. The summed E-state index contributed by atoms with van der Waals surface area (Å²) in [5, 5.41) is 2.76. The quantitative estimate of drug-likeness (QED) is 0.790. The Morgan fingerprint density at radius 1 is 1.16 bits per heavy atom. The molecule has 0 saturated heterocycles. The van der Waals surface area contributed by atoms with Crippen molar-refractivity contribution in [2.24, 2.45) is 5.92 Å². The van der Waals surface area contributed by atoms with Crippen LogP contribution in [0.4, 0.5) is 0 Å². The largest absolute Gasteiger partial charge is 0.351 e. The summed E-state index contributed by atoms with van der Waals surface area (Å²) in [5.74, 6) is -0.566. The lowest BCUT2D eigenvalue weighted by atomic mass is 10.0. The molecular formula is C18H23N3O3S. The van der Waals surface area contributed by atoms with Gasteiger partial charge in [0.2, 0.25) is 15.9 Å². The predicted octanol–water partition coefficient (Wildman–Crippen LogP) is 2.01. The number of amides is 1. The molecule has 0 spiro atoms. The van der Waals surface area contributed by atoms with Crippen molar-refractivity contribution in [3.63, 3.8) is 0 Å². The second-order valence-corrected chi connectivity index (χ2v) is 7.95. The van der Waals surface area contributed by atoms with Crippen LogP contribution in [0.1, 0.15) is 25.0 Å². The van der Waals surface area contributed by atoms with Gasteiger partial charge in [0.1, 0.15) is 6.04 Å². The molecular weight excluding hydrogens is 338 g/mol. The molecule has 0 bridgehead atoms. The zero-order chi connectivity index (χ0) is 18.4. The lowest BCUT2D eigenvalue weighted by molar-refractivity contribution is -0.123. The first-order chi connectivity index (χ1) is 11.8. The second kappa shape index (κ2) is 8.22. The van der Waals surface area contributed by atoms with E-state index in [0.29, 0.717) is 6.54 Å². The van der Waals surface area contributed by atoms with Crippen LogP contribution in [0.5, 0.6) is 0 Å². The van der Waals surface area contributed by atoms with E-state index in [1.807, 2.05) is 13.0 Å². The van der Waals surface area contributed by atoms with Gasteiger partial charge in [-0.05, 0) is 36.6 Å². The van der Waals surface area contributed by atoms with Crippen molar-refractivity contribution in [3.8, 4) is 0 Å². The highest BCUT2D eigenvalue weighted by molar-refractivity contribution is 7.89. The van der Waals surface area contributed by atoms with E-state index in [9.17, 15) is 13.2 Å². The minimum absolute atomic E-state index is 0.142. The van der Waals surface area contributed by atoms with Crippen LogP contribution >= 0.6 is 0 Å². The normalized spacial score (nSPS) is 12.8. The molecule has 6 nitrogen and oxygen atoms in total. The van der Waals surface area contributed by atoms with Crippen LogP contribution < -0.4 is 10.0 Å². The molecule has 0 saturated carbocycles. The van der Waals surface area contributed by atoms with Gasteiger partial charge < -0.3 is 5.32 Å². The molecule has 1 amide bonds. The zero-order valence-corrected chi connectivity index (χ0v) is 15.4. The van der Waals surface area contributed by atoms with Crippen LogP contribution in [-0.4, -0.2) is 25.4 Å². The molecule has 0 aliphatic carbocycles. The molecule has 0 radical (unpaired) electrons. The number of hydrogen-bond acceptors (Lipinski definition) is 4. The van der Waals surface area contributed by atoms with Gasteiger partial charge in [0.05, 0.1) is 4.90 Å². The van der Waals surface area contributed by atoms with Gasteiger partial charge in [-0.1, -0.05) is 37.6 Å². The maximum absolute atomic E-state index is 12.5. The molecule has 2 N–H and O–H groups in total. The fourth-order valence-electron chi connectivity index (χ4n) is 2.25. The van der Waals surface area contributed by atoms with Gasteiger partial charge in [-0.2, -0.15) is 4.72 Å². The van der Waals surface area contributed by atoms with Crippen LogP contribution in [0.15, 0.2) is 53.7 Å². The number of nitrogens with zero attached hydrogens (tertiary/aromatic N) is 1. The number of pyridine rings is 1. The van der Waals surface area contributed by atoms with Crippen molar-refractivity contribution in [2.75, 3.05) is 0 Å². The van der Waals surface area contributed by atoms with E-state index in [0.717, 1.165) is 11.1 Å². The van der Waals surface area contributed by atoms with Crippen molar-refractivity contribution in [1.82, 2.24) is 15.0 Å². The summed E-state index contributed by atoms with van der Waals surface area (Å²) in [4.78, 5) is 16.6. The molecule has 1 aromatic carbocycles. The minimum Gasteiger partial charge on any atom is -0.351 e. The number of aryl methyl sites for hydroxylation is 1. The molecule has 0 fully saturated rings. The summed E-state index contributed by atoms with van der Waals surface area (Å²) in [7, 11) is -3.77. The number of carbonyl (C=O) groups excluding carboxylic acids is 1. The van der Waals surface area contributed by atoms with Gasteiger partial charge in [0, 0.05) is 18.9 Å². The van der Waals surface area contributed by atoms with E-state index < -0.39 is 16.1 Å². The predicted molar refractivity (Wildman–Crippen MR) is 96.2 cm³/mol. The fraction of sp³-hybridized carbons (Fsp3) is 0.333. The van der Waals surface area contributed by atoms with E-state index in [4.69, 9.17) is 0 Å². The first-order valence-electron chi connectivity index (χ1n) is 8.05. The number of carbonyl (C=O) groups is 1. The molecule has 7 heteroatoms. The molecule has 1 aromatic heterocycles. The highest BCUT2D eigenvalue weighted by Gasteiger charge is 2.28. The smallest absolute Gasteiger partial charge is 0.241 e. The number of benzene rings is 1. The molecule has 2 aromatic rings. The first kappa shape index (κ1) is 19.1. The number of hydrogen-bond donors (Lipinski definition) is 2. The van der Waals surface area contributed by atoms with Gasteiger partial charge in [-0.25, -0.2) is 8.42 Å². The number of sulfonamides is 1. The van der Waals surface area contributed by atoms with E-state index in [2.05, 4.69) is 15.0 Å². The van der Waals surface area contributed by atoms with Gasteiger partial charge in [-0.15, -0.1) is 0 Å². The Kier molecular flexibility index (Phi) is 6.27. The van der Waals surface area contributed by atoms with Crippen molar-refractivity contribution in [1.29, 1.82) is 0 Å². The number of rotatable bonds is 7. The van der Waals surface area contributed by atoms with Crippen LogP contribution in [0.25, 0.3) is 0 Å². The van der Waals surface area contributed by atoms with Gasteiger partial charge in [0.25, 0.3) is 0 Å². The number of aromatic nitrogens is 1. The highest BCUT2D eigenvalue weighted by Crippen LogP contribution is 2.13. The molecule has 0 unspecified atom stereocenters. The summed E-state index contributed by atoms with van der Waals surface area (Å²) in [6.45, 7) is 5.77. The van der Waals surface area contributed by atoms with Crippen molar-refractivity contribution in [2.45, 2.75) is 38.3 Å². The summed E-state index contributed by atoms with van der Waals surface area (Å²) in [5.41, 5.74) is 1.81. The molecule has 1 atom stereocenters. The van der Waals surface area contributed by atoms with E-state index in [1.54, 1.807) is 44.4 Å². The second-order valence-electron chi connectivity index (χ2n) is 6.24. The molecule has 134 valence electrons. The van der Waals surface area contributed by atoms with Crippen LogP contribution in [0, 0.1) is 12.8 Å². The maximum atomic E-state index is 12.5. The third kappa shape index (κ3) is 5.37. The molecule has 1 heterocycles. The third-order valence-electron chi connectivity index (χ3n) is 3.75. The van der Waals surface area contributed by atoms with Gasteiger partial charge >= 0.3 is 0 Å².